The highest BCUT2D eigenvalue weighted by atomic mass is 127. The van der Waals surface area contributed by atoms with Crippen molar-refractivity contribution in [2.45, 2.75) is 50.4 Å². The zero-order chi connectivity index (χ0) is 9.14. The first-order chi connectivity index (χ1) is 5.61. The summed E-state index contributed by atoms with van der Waals surface area (Å²) in [6.45, 7) is 7.11. The Bertz CT molecular complexity index is 105. The Balaban J connectivity index is 2.30. The van der Waals surface area contributed by atoms with Crippen LogP contribution in [0, 0.1) is 17.8 Å². The van der Waals surface area contributed by atoms with E-state index in [1.807, 2.05) is 0 Å². The predicted octanol–water partition coefficient (Wildman–Crippen LogP) is 4.27. The van der Waals surface area contributed by atoms with E-state index in [-0.39, 0.29) is 0 Å². The summed E-state index contributed by atoms with van der Waals surface area (Å²) in [5.41, 5.74) is 0. The quantitative estimate of drug-likeness (QED) is 0.523. The zero-order valence-electron chi connectivity index (χ0n) is 8.52. The molecule has 0 bridgehead atoms. The third-order valence-electron chi connectivity index (χ3n) is 3.41. The molecule has 1 heteroatoms. The standard InChI is InChI=1S/C11H21I/c1-8(2)10-4-6-11(7-5-10)9(3)12/h8-11H,4-7H2,1-3H3. The molecule has 1 aliphatic carbocycles. The summed E-state index contributed by atoms with van der Waals surface area (Å²) in [4.78, 5) is 0. The molecule has 0 spiro atoms. The van der Waals surface area contributed by atoms with Gasteiger partial charge in [0.2, 0.25) is 0 Å². The predicted molar refractivity (Wildman–Crippen MR) is 63.8 cm³/mol. The second kappa shape index (κ2) is 4.83. The molecule has 0 aliphatic heterocycles. The molecule has 0 aromatic rings. The fourth-order valence-electron chi connectivity index (χ4n) is 2.27. The lowest BCUT2D eigenvalue weighted by Gasteiger charge is -2.32. The largest absolute Gasteiger partial charge is 0.0826 e. The maximum absolute atomic E-state index is 2.59. The summed E-state index contributed by atoms with van der Waals surface area (Å²) in [6.07, 6.45) is 5.92. The van der Waals surface area contributed by atoms with E-state index in [0.29, 0.717) is 0 Å². The Kier molecular flexibility index (Phi) is 4.35. The first kappa shape index (κ1) is 10.8. The first-order valence-electron chi connectivity index (χ1n) is 5.25. The van der Waals surface area contributed by atoms with Gasteiger partial charge in [-0.3, -0.25) is 0 Å². The number of halogens is 1. The molecule has 0 heterocycles. The van der Waals surface area contributed by atoms with E-state index in [2.05, 4.69) is 43.4 Å². The van der Waals surface area contributed by atoms with Gasteiger partial charge in [0.1, 0.15) is 0 Å². The van der Waals surface area contributed by atoms with Crippen LogP contribution in [-0.2, 0) is 0 Å². The molecular formula is C11H21I. The SMILES string of the molecule is CC(C)C1CCC(C(C)I)CC1. The molecule has 72 valence electrons. The van der Waals surface area contributed by atoms with Crippen molar-refractivity contribution in [1.29, 1.82) is 0 Å². The van der Waals surface area contributed by atoms with Gasteiger partial charge < -0.3 is 0 Å². The molecule has 0 aromatic heterocycles. The maximum Gasteiger partial charge on any atom is 0.0110 e. The normalized spacial score (nSPS) is 33.8. The van der Waals surface area contributed by atoms with Gasteiger partial charge in [-0.05, 0) is 43.4 Å². The number of hydrogen-bond acceptors (Lipinski definition) is 0. The van der Waals surface area contributed by atoms with Gasteiger partial charge in [0.15, 0.2) is 0 Å². The van der Waals surface area contributed by atoms with Gasteiger partial charge in [0, 0.05) is 3.92 Å². The van der Waals surface area contributed by atoms with Crippen molar-refractivity contribution >= 4 is 22.6 Å². The Labute approximate surface area is 90.6 Å². The molecule has 1 saturated carbocycles. The molecule has 0 N–H and O–H groups in total. The van der Waals surface area contributed by atoms with Crippen LogP contribution in [0.15, 0.2) is 0 Å². The van der Waals surface area contributed by atoms with Crippen LogP contribution in [0.2, 0.25) is 0 Å². The fraction of sp³-hybridized carbons (Fsp3) is 1.00. The molecule has 12 heavy (non-hydrogen) atoms. The summed E-state index contributed by atoms with van der Waals surface area (Å²) < 4.78 is 0.885. The van der Waals surface area contributed by atoms with Gasteiger partial charge in [-0.25, -0.2) is 0 Å². The second-order valence-electron chi connectivity index (χ2n) is 4.60. The Morgan fingerprint density at radius 3 is 1.67 bits per heavy atom. The number of alkyl halides is 1. The highest BCUT2D eigenvalue weighted by Crippen LogP contribution is 2.36. The molecule has 1 rings (SSSR count). The van der Waals surface area contributed by atoms with E-state index in [4.69, 9.17) is 0 Å². The molecule has 0 nitrogen and oxygen atoms in total. The summed E-state index contributed by atoms with van der Waals surface area (Å²) in [5, 5.41) is 0. The Morgan fingerprint density at radius 2 is 1.33 bits per heavy atom. The summed E-state index contributed by atoms with van der Waals surface area (Å²) in [6, 6.07) is 0. The molecule has 0 aromatic carbocycles. The number of rotatable bonds is 2. The van der Waals surface area contributed by atoms with E-state index in [9.17, 15) is 0 Å². The highest BCUT2D eigenvalue weighted by Gasteiger charge is 2.25. The number of hydrogen-bond donors (Lipinski definition) is 0. The highest BCUT2D eigenvalue weighted by molar-refractivity contribution is 14.1. The molecule has 1 aliphatic rings. The van der Waals surface area contributed by atoms with Crippen LogP contribution < -0.4 is 0 Å². The monoisotopic (exact) mass is 280 g/mol. The molecule has 0 saturated heterocycles. The molecule has 0 radical (unpaired) electrons. The van der Waals surface area contributed by atoms with Crippen molar-refractivity contribution in [1.82, 2.24) is 0 Å². The van der Waals surface area contributed by atoms with E-state index in [1.54, 1.807) is 0 Å². The lowest BCUT2D eigenvalue weighted by Crippen LogP contribution is -2.22. The van der Waals surface area contributed by atoms with Crippen LogP contribution in [-0.4, -0.2) is 3.92 Å². The minimum Gasteiger partial charge on any atom is -0.0826 e. The van der Waals surface area contributed by atoms with Crippen molar-refractivity contribution in [3.05, 3.63) is 0 Å². The van der Waals surface area contributed by atoms with Crippen molar-refractivity contribution in [3.63, 3.8) is 0 Å². The van der Waals surface area contributed by atoms with E-state index < -0.39 is 0 Å². The zero-order valence-corrected chi connectivity index (χ0v) is 10.7. The third-order valence-corrected chi connectivity index (χ3v) is 4.43. The van der Waals surface area contributed by atoms with Crippen LogP contribution in [0.5, 0.6) is 0 Å². The fourth-order valence-corrected chi connectivity index (χ4v) is 2.99. The topological polar surface area (TPSA) is 0 Å². The Morgan fingerprint density at radius 1 is 0.917 bits per heavy atom. The third kappa shape index (κ3) is 2.90. The van der Waals surface area contributed by atoms with Gasteiger partial charge in [-0.2, -0.15) is 0 Å². The van der Waals surface area contributed by atoms with E-state index in [1.165, 1.54) is 25.7 Å². The van der Waals surface area contributed by atoms with Crippen LogP contribution in [0.1, 0.15) is 46.5 Å². The summed E-state index contributed by atoms with van der Waals surface area (Å²) >= 11 is 2.59. The lowest BCUT2D eigenvalue weighted by atomic mass is 9.76. The molecule has 1 fully saturated rings. The minimum atomic E-state index is 0.885. The van der Waals surface area contributed by atoms with Crippen LogP contribution >= 0.6 is 22.6 Å². The van der Waals surface area contributed by atoms with Crippen molar-refractivity contribution < 1.29 is 0 Å². The van der Waals surface area contributed by atoms with Gasteiger partial charge in [0.25, 0.3) is 0 Å². The molecule has 1 atom stereocenters. The molecule has 1 unspecified atom stereocenters. The maximum atomic E-state index is 2.59. The van der Waals surface area contributed by atoms with Gasteiger partial charge >= 0.3 is 0 Å². The second-order valence-corrected chi connectivity index (χ2v) is 6.56. The Hall–Kier alpha value is 0.730. The smallest absolute Gasteiger partial charge is 0.0110 e. The van der Waals surface area contributed by atoms with Gasteiger partial charge in [0.05, 0.1) is 0 Å². The van der Waals surface area contributed by atoms with Crippen molar-refractivity contribution in [2.75, 3.05) is 0 Å². The van der Waals surface area contributed by atoms with Crippen LogP contribution in [0.4, 0.5) is 0 Å². The van der Waals surface area contributed by atoms with Gasteiger partial charge in [-0.15, -0.1) is 0 Å². The van der Waals surface area contributed by atoms with Crippen LogP contribution in [0.3, 0.4) is 0 Å². The van der Waals surface area contributed by atoms with E-state index >= 15 is 0 Å². The van der Waals surface area contributed by atoms with Crippen LogP contribution in [0.25, 0.3) is 0 Å². The van der Waals surface area contributed by atoms with E-state index in [0.717, 1.165) is 21.7 Å². The minimum absolute atomic E-state index is 0.885. The summed E-state index contributed by atoms with van der Waals surface area (Å²) in [7, 11) is 0. The molecule has 0 amide bonds. The lowest BCUT2D eigenvalue weighted by molar-refractivity contribution is 0.226. The summed E-state index contributed by atoms with van der Waals surface area (Å²) in [5.74, 6) is 2.95. The molecular weight excluding hydrogens is 259 g/mol. The van der Waals surface area contributed by atoms with Crippen molar-refractivity contribution in [2.24, 2.45) is 17.8 Å². The van der Waals surface area contributed by atoms with Crippen molar-refractivity contribution in [3.8, 4) is 0 Å². The average molecular weight is 280 g/mol. The average Bonchev–Trinajstić information content (AvgIpc) is 2.04. The van der Waals surface area contributed by atoms with Gasteiger partial charge in [-0.1, -0.05) is 43.4 Å². The first-order valence-corrected chi connectivity index (χ1v) is 6.50.